The number of thioether (sulfide) groups is 1. The molecule has 40 valence electrons. The van der Waals surface area contributed by atoms with Crippen LogP contribution < -0.4 is 0 Å². The zero-order chi connectivity index (χ0) is 5.40. The van der Waals surface area contributed by atoms with Crippen molar-refractivity contribution in [2.75, 3.05) is 5.88 Å². The first-order valence-corrected chi connectivity index (χ1v) is 3.36. The van der Waals surface area contributed by atoms with Crippen molar-refractivity contribution in [3.05, 3.63) is 11.1 Å². The van der Waals surface area contributed by atoms with Gasteiger partial charge in [0.25, 0.3) is 0 Å². The van der Waals surface area contributed by atoms with Gasteiger partial charge in [-0.2, -0.15) is 0 Å². The van der Waals surface area contributed by atoms with Crippen LogP contribution in [0.5, 0.6) is 0 Å². The largest absolute Gasteiger partial charge is 0.271 e. The fraction of sp³-hybridized carbons (Fsp3) is 0.200. The maximum absolute atomic E-state index is 4.16. The Bertz CT molecular complexity index is 202. The summed E-state index contributed by atoms with van der Waals surface area (Å²) in [4.78, 5) is 9.32. The molecule has 0 saturated carbocycles. The fourth-order valence-corrected chi connectivity index (χ4v) is 1.45. The Hall–Kier alpha value is -0.570. The third-order valence-electron chi connectivity index (χ3n) is 1.10. The monoisotopic (exact) mass is 124 g/mol. The quantitative estimate of drug-likeness (QED) is 0.474. The van der Waals surface area contributed by atoms with Crippen molar-refractivity contribution in [2.24, 2.45) is 9.98 Å². The number of allylic oxidation sites excluding steroid dienone is 1. The highest BCUT2D eigenvalue weighted by atomic mass is 32.2. The van der Waals surface area contributed by atoms with E-state index in [1.165, 1.54) is 4.91 Å². The van der Waals surface area contributed by atoms with E-state index in [1.807, 2.05) is 6.20 Å². The Morgan fingerprint density at radius 2 is 2.62 bits per heavy atom. The van der Waals surface area contributed by atoms with Crippen molar-refractivity contribution in [1.29, 1.82) is 0 Å². The van der Waals surface area contributed by atoms with Crippen LogP contribution in [-0.2, 0) is 0 Å². The Morgan fingerprint density at radius 3 is 3.50 bits per heavy atom. The van der Waals surface area contributed by atoms with Crippen molar-refractivity contribution in [3.8, 4) is 0 Å². The molecule has 0 unspecified atom stereocenters. The average Bonchev–Trinajstić information content (AvgIpc) is 2.15. The van der Waals surface area contributed by atoms with Crippen LogP contribution in [0.4, 0.5) is 0 Å². The van der Waals surface area contributed by atoms with Crippen LogP contribution in [0.1, 0.15) is 0 Å². The molecule has 0 aromatic carbocycles. The number of aliphatic imine (C=N–C) groups is 2. The van der Waals surface area contributed by atoms with Crippen molar-refractivity contribution in [3.63, 3.8) is 0 Å². The molecule has 2 nitrogen and oxygen atoms in total. The van der Waals surface area contributed by atoms with Gasteiger partial charge in [0, 0.05) is 6.20 Å². The lowest BCUT2D eigenvalue weighted by atomic mass is 10.4. The van der Waals surface area contributed by atoms with Crippen LogP contribution in [-0.4, -0.2) is 17.8 Å². The van der Waals surface area contributed by atoms with E-state index in [2.05, 4.69) is 9.98 Å². The first kappa shape index (κ1) is 4.32. The van der Waals surface area contributed by atoms with E-state index in [1.54, 1.807) is 18.0 Å². The van der Waals surface area contributed by atoms with Gasteiger partial charge in [-0.3, -0.25) is 9.98 Å². The standard InChI is InChI=1S/C5H4N2S/c1-4-5(2-6-1)8-3-7-4/h1-2H,3H2. The molecule has 2 rings (SSSR count). The van der Waals surface area contributed by atoms with Gasteiger partial charge >= 0.3 is 0 Å². The van der Waals surface area contributed by atoms with Gasteiger partial charge in [0.1, 0.15) is 0 Å². The summed E-state index contributed by atoms with van der Waals surface area (Å²) in [6.07, 6.45) is 3.66. The van der Waals surface area contributed by atoms with Crippen LogP contribution in [0, 0.1) is 0 Å². The highest BCUT2D eigenvalue weighted by Gasteiger charge is 2.14. The van der Waals surface area contributed by atoms with Crippen molar-refractivity contribution < 1.29 is 0 Å². The summed E-state index contributed by atoms with van der Waals surface area (Å²) in [6.45, 7) is 0. The number of hydrogen-bond acceptors (Lipinski definition) is 3. The lowest BCUT2D eigenvalue weighted by molar-refractivity contribution is 1.42. The van der Waals surface area contributed by atoms with Crippen LogP contribution in [0.25, 0.3) is 0 Å². The first-order chi connectivity index (χ1) is 3.97. The van der Waals surface area contributed by atoms with Gasteiger partial charge in [0.05, 0.1) is 22.7 Å². The molecule has 2 aliphatic rings. The molecule has 0 amide bonds. The third kappa shape index (κ3) is 0.448. The molecule has 8 heavy (non-hydrogen) atoms. The van der Waals surface area contributed by atoms with Crippen molar-refractivity contribution in [1.82, 2.24) is 0 Å². The van der Waals surface area contributed by atoms with E-state index in [0.717, 1.165) is 11.6 Å². The van der Waals surface area contributed by atoms with Gasteiger partial charge < -0.3 is 0 Å². The molecule has 0 aromatic rings. The SMILES string of the molecule is C1=NC=C2SCN=C12. The van der Waals surface area contributed by atoms with Crippen LogP contribution in [0.15, 0.2) is 21.1 Å². The summed E-state index contributed by atoms with van der Waals surface area (Å²) in [6, 6.07) is 0. The lowest BCUT2D eigenvalue weighted by Gasteiger charge is -1.81. The minimum Gasteiger partial charge on any atom is -0.271 e. The molecule has 0 atom stereocenters. The second-order valence-electron chi connectivity index (χ2n) is 1.59. The van der Waals surface area contributed by atoms with E-state index >= 15 is 0 Å². The van der Waals surface area contributed by atoms with E-state index in [0.29, 0.717) is 0 Å². The summed E-state index contributed by atoms with van der Waals surface area (Å²) in [5.41, 5.74) is 1.06. The molecule has 0 saturated heterocycles. The summed E-state index contributed by atoms with van der Waals surface area (Å²) in [7, 11) is 0. The smallest absolute Gasteiger partial charge is 0.0919 e. The highest BCUT2D eigenvalue weighted by Crippen LogP contribution is 2.25. The minimum absolute atomic E-state index is 0.882. The Morgan fingerprint density at radius 1 is 1.62 bits per heavy atom. The van der Waals surface area contributed by atoms with Gasteiger partial charge in [-0.1, -0.05) is 11.8 Å². The molecular formula is C5H4N2S. The summed E-state index contributed by atoms with van der Waals surface area (Å²) >= 11 is 1.75. The van der Waals surface area contributed by atoms with E-state index in [9.17, 15) is 0 Å². The minimum atomic E-state index is 0.882. The second kappa shape index (κ2) is 1.45. The Balaban J connectivity index is 2.49. The molecule has 2 heterocycles. The van der Waals surface area contributed by atoms with Crippen molar-refractivity contribution >= 4 is 23.7 Å². The summed E-state index contributed by atoms with van der Waals surface area (Å²) < 4.78 is 0. The maximum atomic E-state index is 4.16. The summed E-state index contributed by atoms with van der Waals surface area (Å²) in [5.74, 6) is 0.882. The van der Waals surface area contributed by atoms with Gasteiger partial charge in [-0.15, -0.1) is 0 Å². The van der Waals surface area contributed by atoms with Crippen LogP contribution in [0.2, 0.25) is 0 Å². The predicted molar refractivity (Wildman–Crippen MR) is 36.5 cm³/mol. The molecule has 0 radical (unpaired) electrons. The predicted octanol–water partition coefficient (Wildman–Crippen LogP) is 1.06. The second-order valence-corrected chi connectivity index (χ2v) is 2.58. The molecule has 0 bridgehead atoms. The van der Waals surface area contributed by atoms with Gasteiger partial charge in [0.2, 0.25) is 0 Å². The molecule has 0 spiro atoms. The van der Waals surface area contributed by atoms with E-state index in [4.69, 9.17) is 0 Å². The molecule has 3 heteroatoms. The number of fused-ring (bicyclic) bond motifs is 1. The molecule has 0 aliphatic carbocycles. The molecule has 0 fully saturated rings. The molecular weight excluding hydrogens is 120 g/mol. The number of nitrogens with zero attached hydrogens (tertiary/aromatic N) is 2. The maximum Gasteiger partial charge on any atom is 0.0919 e. The summed E-state index contributed by atoms with van der Waals surface area (Å²) in [5, 5.41) is 0. The Labute approximate surface area is 51.4 Å². The fourth-order valence-electron chi connectivity index (χ4n) is 0.707. The highest BCUT2D eigenvalue weighted by molar-refractivity contribution is 8.04. The third-order valence-corrected chi connectivity index (χ3v) is 1.98. The van der Waals surface area contributed by atoms with Crippen molar-refractivity contribution in [2.45, 2.75) is 0 Å². The van der Waals surface area contributed by atoms with Gasteiger partial charge in [0.15, 0.2) is 0 Å². The average molecular weight is 124 g/mol. The molecule has 0 N–H and O–H groups in total. The van der Waals surface area contributed by atoms with Gasteiger partial charge in [-0.25, -0.2) is 0 Å². The number of rotatable bonds is 0. The Kier molecular flexibility index (Phi) is 0.784. The molecule has 2 aliphatic heterocycles. The van der Waals surface area contributed by atoms with Crippen LogP contribution in [0.3, 0.4) is 0 Å². The normalized spacial score (nSPS) is 23.0. The zero-order valence-electron chi connectivity index (χ0n) is 4.16. The first-order valence-electron chi connectivity index (χ1n) is 2.38. The topological polar surface area (TPSA) is 24.7 Å². The van der Waals surface area contributed by atoms with E-state index in [-0.39, 0.29) is 0 Å². The van der Waals surface area contributed by atoms with Crippen LogP contribution >= 0.6 is 11.8 Å². The zero-order valence-corrected chi connectivity index (χ0v) is 4.98. The lowest BCUT2D eigenvalue weighted by Crippen LogP contribution is -1.89. The molecule has 0 aromatic heterocycles. The number of hydrogen-bond donors (Lipinski definition) is 0. The van der Waals surface area contributed by atoms with Gasteiger partial charge in [-0.05, 0) is 0 Å². The van der Waals surface area contributed by atoms with E-state index < -0.39 is 0 Å².